The molecule has 0 atom stereocenters. The van der Waals surface area contributed by atoms with E-state index in [-0.39, 0.29) is 5.91 Å². The van der Waals surface area contributed by atoms with Crippen LogP contribution in [0.4, 0.5) is 5.69 Å². The van der Waals surface area contributed by atoms with Gasteiger partial charge in [-0.2, -0.15) is 0 Å². The van der Waals surface area contributed by atoms with Crippen molar-refractivity contribution in [3.63, 3.8) is 0 Å². The van der Waals surface area contributed by atoms with Gasteiger partial charge in [0.2, 0.25) is 5.91 Å². The minimum atomic E-state index is 0.0410. The molecule has 0 aromatic heterocycles. The standard InChI is InChI=1S/C17H22N2O/c1-13(2)14-7-6-8-15(11-14)18-17(20)12-16-9-4-5-10-19(16)3/h4,6-9,11,13H,5,10,12H2,1-3H3/p+1. The van der Waals surface area contributed by atoms with E-state index in [1.807, 2.05) is 31.3 Å². The summed E-state index contributed by atoms with van der Waals surface area (Å²) in [5.41, 5.74) is 3.20. The van der Waals surface area contributed by atoms with Gasteiger partial charge < -0.3 is 5.32 Å². The maximum Gasteiger partial charge on any atom is 0.234 e. The van der Waals surface area contributed by atoms with Gasteiger partial charge in [-0.25, -0.2) is 4.58 Å². The summed E-state index contributed by atoms with van der Waals surface area (Å²) in [6.45, 7) is 5.29. The van der Waals surface area contributed by atoms with Crippen LogP contribution in [0.1, 0.15) is 38.2 Å². The van der Waals surface area contributed by atoms with Crippen LogP contribution in [0.25, 0.3) is 0 Å². The van der Waals surface area contributed by atoms with E-state index >= 15 is 0 Å². The third kappa shape index (κ3) is 3.80. The Morgan fingerprint density at radius 2 is 2.20 bits per heavy atom. The molecule has 1 heterocycles. The van der Waals surface area contributed by atoms with Crippen molar-refractivity contribution >= 4 is 17.3 Å². The Labute approximate surface area is 121 Å². The highest BCUT2D eigenvalue weighted by molar-refractivity contribution is 6.08. The van der Waals surface area contributed by atoms with Crippen molar-refractivity contribution in [2.45, 2.75) is 32.6 Å². The summed E-state index contributed by atoms with van der Waals surface area (Å²) in [5, 5.41) is 2.98. The average molecular weight is 271 g/mol. The molecule has 2 rings (SSSR count). The number of benzene rings is 1. The van der Waals surface area contributed by atoms with E-state index in [0.717, 1.165) is 24.4 Å². The van der Waals surface area contributed by atoms with Crippen LogP contribution in [0.15, 0.2) is 36.4 Å². The Morgan fingerprint density at radius 1 is 1.40 bits per heavy atom. The molecule has 0 unspecified atom stereocenters. The minimum absolute atomic E-state index is 0.0410. The van der Waals surface area contributed by atoms with E-state index in [0.29, 0.717) is 12.3 Å². The zero-order valence-corrected chi connectivity index (χ0v) is 12.5. The fourth-order valence-electron chi connectivity index (χ4n) is 2.30. The van der Waals surface area contributed by atoms with Crippen molar-refractivity contribution < 1.29 is 9.37 Å². The molecular weight excluding hydrogens is 248 g/mol. The molecule has 0 aliphatic carbocycles. The third-order valence-corrected chi connectivity index (χ3v) is 3.61. The number of hydrogen-bond acceptors (Lipinski definition) is 1. The zero-order chi connectivity index (χ0) is 14.5. The van der Waals surface area contributed by atoms with Crippen molar-refractivity contribution in [3.8, 4) is 0 Å². The second kappa shape index (κ2) is 6.51. The zero-order valence-electron chi connectivity index (χ0n) is 12.5. The monoisotopic (exact) mass is 271 g/mol. The van der Waals surface area contributed by atoms with E-state index in [2.05, 4.69) is 35.9 Å². The number of allylic oxidation sites excluding steroid dienone is 1. The summed E-state index contributed by atoms with van der Waals surface area (Å²) < 4.78 is 2.14. The molecule has 1 aliphatic heterocycles. The second-order valence-electron chi connectivity index (χ2n) is 5.61. The van der Waals surface area contributed by atoms with Gasteiger partial charge in [-0.1, -0.05) is 32.1 Å². The summed E-state index contributed by atoms with van der Waals surface area (Å²) >= 11 is 0. The quantitative estimate of drug-likeness (QED) is 0.838. The summed E-state index contributed by atoms with van der Waals surface area (Å²) in [5.74, 6) is 0.507. The van der Waals surface area contributed by atoms with E-state index < -0.39 is 0 Å². The van der Waals surface area contributed by atoms with Crippen LogP contribution >= 0.6 is 0 Å². The summed E-state index contributed by atoms with van der Waals surface area (Å²) in [7, 11) is 2.03. The number of carbonyl (C=O) groups excluding carboxylic acids is 1. The molecule has 0 spiro atoms. The first kappa shape index (κ1) is 14.5. The fourth-order valence-corrected chi connectivity index (χ4v) is 2.30. The molecule has 1 N–H and O–H groups in total. The summed E-state index contributed by atoms with van der Waals surface area (Å²) in [4.78, 5) is 12.1. The number of carbonyl (C=O) groups is 1. The van der Waals surface area contributed by atoms with Gasteiger partial charge in [-0.3, -0.25) is 4.79 Å². The SMILES string of the molecule is CC(C)c1cccc(NC(=O)CC2=[N+](C)CCC=C2)c1. The Hall–Kier alpha value is -1.90. The first-order chi connectivity index (χ1) is 9.56. The van der Waals surface area contributed by atoms with Gasteiger partial charge in [-0.15, -0.1) is 0 Å². The molecule has 1 aromatic carbocycles. The molecular formula is C17H23N2O+. The molecule has 106 valence electrons. The Balaban J connectivity index is 2.01. The van der Waals surface area contributed by atoms with Crippen LogP contribution in [0, 0.1) is 0 Å². The maximum atomic E-state index is 12.1. The number of rotatable bonds is 4. The van der Waals surface area contributed by atoms with Crippen LogP contribution in [0.5, 0.6) is 0 Å². The maximum absolute atomic E-state index is 12.1. The van der Waals surface area contributed by atoms with E-state index in [1.54, 1.807) is 0 Å². The van der Waals surface area contributed by atoms with Crippen molar-refractivity contribution in [1.29, 1.82) is 0 Å². The summed E-state index contributed by atoms with van der Waals surface area (Å²) in [6, 6.07) is 8.07. The van der Waals surface area contributed by atoms with Crippen molar-refractivity contribution in [1.82, 2.24) is 0 Å². The van der Waals surface area contributed by atoms with Gasteiger partial charge in [0, 0.05) is 18.2 Å². The van der Waals surface area contributed by atoms with Crippen LogP contribution < -0.4 is 5.32 Å². The van der Waals surface area contributed by atoms with Crippen LogP contribution in [-0.2, 0) is 4.79 Å². The molecule has 0 fully saturated rings. The predicted molar refractivity (Wildman–Crippen MR) is 83.6 cm³/mol. The highest BCUT2D eigenvalue weighted by Gasteiger charge is 2.16. The van der Waals surface area contributed by atoms with Gasteiger partial charge >= 0.3 is 0 Å². The predicted octanol–water partition coefficient (Wildman–Crippen LogP) is 3.18. The Morgan fingerprint density at radius 3 is 2.90 bits per heavy atom. The molecule has 3 heteroatoms. The van der Waals surface area contributed by atoms with Crippen LogP contribution in [0.2, 0.25) is 0 Å². The lowest BCUT2D eigenvalue weighted by atomic mass is 10.0. The van der Waals surface area contributed by atoms with Crippen molar-refractivity contribution in [3.05, 3.63) is 42.0 Å². The highest BCUT2D eigenvalue weighted by atomic mass is 16.1. The second-order valence-corrected chi connectivity index (χ2v) is 5.61. The number of hydrogen-bond donors (Lipinski definition) is 1. The smallest absolute Gasteiger partial charge is 0.234 e. The molecule has 0 saturated heterocycles. The Bertz CT molecular complexity index is 556. The molecule has 1 aromatic rings. The third-order valence-electron chi connectivity index (χ3n) is 3.61. The molecule has 0 saturated carbocycles. The number of nitrogens with one attached hydrogen (secondary N) is 1. The van der Waals surface area contributed by atoms with Crippen molar-refractivity contribution in [2.75, 3.05) is 18.9 Å². The number of anilines is 1. The van der Waals surface area contributed by atoms with Gasteiger partial charge in [0.25, 0.3) is 0 Å². The number of nitrogens with zero attached hydrogens (tertiary/aromatic N) is 1. The average Bonchev–Trinajstić information content (AvgIpc) is 2.41. The Kier molecular flexibility index (Phi) is 4.72. The molecule has 1 aliphatic rings. The number of amides is 1. The molecule has 3 nitrogen and oxygen atoms in total. The fraction of sp³-hybridized carbons (Fsp3) is 0.412. The lowest BCUT2D eigenvalue weighted by molar-refractivity contribution is -0.497. The molecule has 0 radical (unpaired) electrons. The van der Waals surface area contributed by atoms with Gasteiger partial charge in [0.1, 0.15) is 20.0 Å². The van der Waals surface area contributed by atoms with Gasteiger partial charge in [0.15, 0.2) is 5.71 Å². The van der Waals surface area contributed by atoms with E-state index in [4.69, 9.17) is 0 Å². The van der Waals surface area contributed by atoms with Crippen molar-refractivity contribution in [2.24, 2.45) is 0 Å². The first-order valence-corrected chi connectivity index (χ1v) is 7.19. The van der Waals surface area contributed by atoms with Crippen LogP contribution in [0.3, 0.4) is 0 Å². The van der Waals surface area contributed by atoms with E-state index in [9.17, 15) is 4.79 Å². The normalized spacial score (nSPS) is 14.8. The topological polar surface area (TPSA) is 32.1 Å². The van der Waals surface area contributed by atoms with Gasteiger partial charge in [-0.05, 0) is 23.6 Å². The highest BCUT2D eigenvalue weighted by Crippen LogP contribution is 2.18. The molecule has 1 amide bonds. The molecule has 20 heavy (non-hydrogen) atoms. The summed E-state index contributed by atoms with van der Waals surface area (Å²) in [6.07, 6.45) is 5.66. The lowest BCUT2D eigenvalue weighted by Gasteiger charge is -2.10. The van der Waals surface area contributed by atoms with Crippen LogP contribution in [-0.4, -0.2) is 29.8 Å². The first-order valence-electron chi connectivity index (χ1n) is 7.19. The lowest BCUT2D eigenvalue weighted by Crippen LogP contribution is -2.25. The molecule has 0 bridgehead atoms. The van der Waals surface area contributed by atoms with Gasteiger partial charge in [0.05, 0.1) is 0 Å². The van der Waals surface area contributed by atoms with E-state index in [1.165, 1.54) is 5.56 Å². The largest absolute Gasteiger partial charge is 0.326 e. The minimum Gasteiger partial charge on any atom is -0.326 e.